The number of hydrogen-bond donors (Lipinski definition) is 1. The number of piperidine rings is 1. The Hall–Kier alpha value is -3.15. The summed E-state index contributed by atoms with van der Waals surface area (Å²) in [6.45, 7) is 0.793. The van der Waals surface area contributed by atoms with Crippen molar-refractivity contribution < 1.29 is 40.6 Å². The van der Waals surface area contributed by atoms with Crippen LogP contribution in [-0.4, -0.2) is 65.2 Å². The Labute approximate surface area is 195 Å². The molecule has 0 aliphatic carbocycles. The number of hydrogen-bond acceptors (Lipinski definition) is 7. The first-order chi connectivity index (χ1) is 16.0. The molecule has 0 saturated carbocycles. The molecule has 8 nitrogen and oxygen atoms in total. The number of amides is 1. The molecule has 1 amide bonds. The van der Waals surface area contributed by atoms with E-state index in [1.807, 2.05) is 0 Å². The fourth-order valence-corrected chi connectivity index (χ4v) is 4.54. The van der Waals surface area contributed by atoms with E-state index in [9.17, 15) is 26.4 Å². The highest BCUT2D eigenvalue weighted by molar-refractivity contribution is 7.92. The predicted octanol–water partition coefficient (Wildman–Crippen LogP) is 3.72. The van der Waals surface area contributed by atoms with E-state index in [1.54, 1.807) is 17.0 Å². The molecule has 0 radical (unpaired) electrons. The van der Waals surface area contributed by atoms with Crippen molar-refractivity contribution in [3.63, 3.8) is 0 Å². The first-order valence-electron chi connectivity index (χ1n) is 10.3. The molecule has 1 N–H and O–H groups in total. The van der Waals surface area contributed by atoms with E-state index >= 15 is 0 Å². The average Bonchev–Trinajstić information content (AvgIpc) is 2.82. The zero-order valence-electron chi connectivity index (χ0n) is 18.8. The third kappa shape index (κ3) is 5.16. The van der Waals surface area contributed by atoms with Crippen molar-refractivity contribution in [2.24, 2.45) is 0 Å². The molecule has 0 spiro atoms. The largest absolute Gasteiger partial charge is 0.501 e. The van der Waals surface area contributed by atoms with Crippen LogP contribution in [0.25, 0.3) is 0 Å². The molecule has 1 aliphatic heterocycles. The third-order valence-electron chi connectivity index (χ3n) is 5.51. The lowest BCUT2D eigenvalue weighted by molar-refractivity contribution is -0.0436. The molecule has 186 valence electrons. The topological polar surface area (TPSA) is 94.2 Å². The summed E-state index contributed by atoms with van der Waals surface area (Å²) < 4.78 is 77.7. The Morgan fingerprint density at radius 3 is 2.09 bits per heavy atom. The minimum absolute atomic E-state index is 0.146. The van der Waals surface area contributed by atoms with Crippen molar-refractivity contribution in [1.82, 2.24) is 4.90 Å². The van der Waals surface area contributed by atoms with E-state index in [2.05, 4.69) is 5.32 Å². The first kappa shape index (κ1) is 25.5. The summed E-state index contributed by atoms with van der Waals surface area (Å²) in [6, 6.07) is 7.63. The van der Waals surface area contributed by atoms with Crippen LogP contribution >= 0.6 is 0 Å². The minimum atomic E-state index is -5.43. The van der Waals surface area contributed by atoms with Gasteiger partial charge in [-0.1, -0.05) is 6.07 Å². The lowest BCUT2D eigenvalue weighted by Gasteiger charge is -2.33. The van der Waals surface area contributed by atoms with E-state index in [4.69, 9.17) is 14.2 Å². The van der Waals surface area contributed by atoms with Crippen molar-refractivity contribution in [2.75, 3.05) is 39.7 Å². The summed E-state index contributed by atoms with van der Waals surface area (Å²) in [6.07, 6.45) is 1.04. The Kier molecular flexibility index (Phi) is 7.49. The second-order valence-electron chi connectivity index (χ2n) is 7.60. The van der Waals surface area contributed by atoms with Crippen LogP contribution < -0.4 is 19.5 Å². The quantitative estimate of drug-likeness (QED) is 0.617. The van der Waals surface area contributed by atoms with Crippen LogP contribution in [0, 0.1) is 0 Å². The Balaban J connectivity index is 1.68. The van der Waals surface area contributed by atoms with Gasteiger partial charge < -0.3 is 24.4 Å². The second-order valence-corrected chi connectivity index (χ2v) is 9.54. The second kappa shape index (κ2) is 10.00. The number of carbonyl (C=O) groups excluding carboxylic acids is 1. The van der Waals surface area contributed by atoms with Crippen LogP contribution in [0.2, 0.25) is 0 Å². The summed E-state index contributed by atoms with van der Waals surface area (Å²) in [5, 5.41) is 3.07. The standard InChI is InChI=1S/C22H25F3N2O6S/c1-31-18-11-14(12-19(32-2)20(18)33-3)21(28)27-9-7-15(8-10-27)26-16-5-4-6-17(13-16)34(29,30)22(23,24)25/h4-6,11-13,15,26H,7-10H2,1-3H3. The molecule has 2 aromatic carbocycles. The highest BCUT2D eigenvalue weighted by atomic mass is 32.2. The van der Waals surface area contributed by atoms with Gasteiger partial charge in [0.05, 0.1) is 26.2 Å². The Bertz CT molecular complexity index is 1120. The molecule has 2 aromatic rings. The van der Waals surface area contributed by atoms with Crippen molar-refractivity contribution in [3.8, 4) is 17.2 Å². The van der Waals surface area contributed by atoms with Gasteiger partial charge in [-0.3, -0.25) is 4.79 Å². The normalized spacial score (nSPS) is 15.1. The van der Waals surface area contributed by atoms with E-state index in [-0.39, 0.29) is 17.6 Å². The van der Waals surface area contributed by atoms with Crippen LogP contribution in [0.5, 0.6) is 17.2 Å². The average molecular weight is 503 g/mol. The number of anilines is 1. The highest BCUT2D eigenvalue weighted by Gasteiger charge is 2.46. The number of nitrogens with one attached hydrogen (secondary N) is 1. The number of carbonyl (C=O) groups is 1. The third-order valence-corrected chi connectivity index (χ3v) is 7.00. The number of rotatable bonds is 7. The first-order valence-corrected chi connectivity index (χ1v) is 11.8. The fourth-order valence-electron chi connectivity index (χ4n) is 3.74. The van der Waals surface area contributed by atoms with Crippen molar-refractivity contribution >= 4 is 21.4 Å². The molecule has 1 aliphatic rings. The number of methoxy groups -OCH3 is 3. The van der Waals surface area contributed by atoms with Gasteiger partial charge in [0.15, 0.2) is 11.5 Å². The minimum Gasteiger partial charge on any atom is -0.493 e. The van der Waals surface area contributed by atoms with Gasteiger partial charge in [0, 0.05) is 30.4 Å². The van der Waals surface area contributed by atoms with E-state index < -0.39 is 20.2 Å². The number of alkyl halides is 3. The SMILES string of the molecule is COc1cc(C(=O)N2CCC(Nc3cccc(S(=O)(=O)C(F)(F)F)c3)CC2)cc(OC)c1OC. The molecule has 0 unspecified atom stereocenters. The number of halogens is 3. The lowest BCUT2D eigenvalue weighted by Crippen LogP contribution is -2.42. The van der Waals surface area contributed by atoms with Crippen LogP contribution in [0.1, 0.15) is 23.2 Å². The Morgan fingerprint density at radius 1 is 1.00 bits per heavy atom. The van der Waals surface area contributed by atoms with Gasteiger partial charge in [0.1, 0.15) is 0 Å². The van der Waals surface area contributed by atoms with Gasteiger partial charge in [-0.15, -0.1) is 0 Å². The molecule has 0 aromatic heterocycles. The maximum atomic E-state index is 13.0. The van der Waals surface area contributed by atoms with Crippen molar-refractivity contribution in [3.05, 3.63) is 42.0 Å². The van der Waals surface area contributed by atoms with E-state index in [0.29, 0.717) is 48.7 Å². The maximum absolute atomic E-state index is 13.0. The number of nitrogens with zero attached hydrogens (tertiary/aromatic N) is 1. The van der Waals surface area contributed by atoms with Gasteiger partial charge in [0.25, 0.3) is 15.7 Å². The molecule has 1 fully saturated rings. The molecule has 0 bridgehead atoms. The number of likely N-dealkylation sites (tertiary alicyclic amines) is 1. The van der Waals surface area contributed by atoms with E-state index in [1.165, 1.54) is 33.5 Å². The molecule has 12 heteroatoms. The summed E-state index contributed by atoms with van der Waals surface area (Å²) in [7, 11) is -1.05. The lowest BCUT2D eigenvalue weighted by atomic mass is 10.0. The number of sulfone groups is 1. The van der Waals surface area contributed by atoms with Crippen LogP contribution in [0.15, 0.2) is 41.3 Å². The zero-order chi connectivity index (χ0) is 25.1. The van der Waals surface area contributed by atoms with Crippen LogP contribution in [-0.2, 0) is 9.84 Å². The summed E-state index contributed by atoms with van der Waals surface area (Å²) in [5.74, 6) is 0.862. The highest BCUT2D eigenvalue weighted by Crippen LogP contribution is 2.38. The number of benzene rings is 2. The van der Waals surface area contributed by atoms with Crippen molar-refractivity contribution in [1.29, 1.82) is 0 Å². The number of ether oxygens (including phenoxy) is 3. The van der Waals surface area contributed by atoms with Crippen molar-refractivity contribution in [2.45, 2.75) is 29.3 Å². The Morgan fingerprint density at radius 2 is 1.59 bits per heavy atom. The molecule has 0 atom stereocenters. The van der Waals surface area contributed by atoms with Gasteiger partial charge in [0.2, 0.25) is 5.75 Å². The molecule has 34 heavy (non-hydrogen) atoms. The van der Waals surface area contributed by atoms with E-state index in [0.717, 1.165) is 12.1 Å². The fraction of sp³-hybridized carbons (Fsp3) is 0.409. The smallest absolute Gasteiger partial charge is 0.493 e. The summed E-state index contributed by atoms with van der Waals surface area (Å²) >= 11 is 0. The van der Waals surface area contributed by atoms with Gasteiger partial charge >= 0.3 is 5.51 Å². The monoisotopic (exact) mass is 502 g/mol. The zero-order valence-corrected chi connectivity index (χ0v) is 19.6. The molecule has 1 saturated heterocycles. The molecule has 1 heterocycles. The molecular formula is C22H25F3N2O6S. The van der Waals surface area contributed by atoms with Gasteiger partial charge in [-0.2, -0.15) is 13.2 Å². The maximum Gasteiger partial charge on any atom is 0.501 e. The predicted molar refractivity (Wildman–Crippen MR) is 118 cm³/mol. The molecule has 3 rings (SSSR count). The van der Waals surface area contributed by atoms with Gasteiger partial charge in [-0.05, 0) is 43.2 Å². The summed E-state index contributed by atoms with van der Waals surface area (Å²) in [5.41, 5.74) is -4.74. The summed E-state index contributed by atoms with van der Waals surface area (Å²) in [4.78, 5) is 13.9. The van der Waals surface area contributed by atoms with Gasteiger partial charge in [-0.25, -0.2) is 8.42 Å². The molecular weight excluding hydrogens is 477 g/mol. The van der Waals surface area contributed by atoms with Crippen LogP contribution in [0.4, 0.5) is 18.9 Å². The van der Waals surface area contributed by atoms with Crippen LogP contribution in [0.3, 0.4) is 0 Å².